The van der Waals surface area contributed by atoms with Crippen LogP contribution in [-0.4, -0.2) is 63.1 Å². The van der Waals surface area contributed by atoms with E-state index in [-0.39, 0.29) is 35.7 Å². The minimum atomic E-state index is -0.365. The van der Waals surface area contributed by atoms with E-state index in [1.807, 2.05) is 0 Å². The molecule has 2 rings (SSSR count). The first-order valence-corrected chi connectivity index (χ1v) is 10.3. The zero-order valence-corrected chi connectivity index (χ0v) is 19.9. The molecular weight excluding hydrogens is 484 g/mol. The minimum Gasteiger partial charge on any atom is -0.356 e. The van der Waals surface area contributed by atoms with Crippen LogP contribution in [0, 0.1) is 12.7 Å². The van der Waals surface area contributed by atoms with Crippen LogP contribution in [0.15, 0.2) is 23.2 Å². The van der Waals surface area contributed by atoms with Gasteiger partial charge in [0.15, 0.2) is 5.96 Å². The molecule has 8 heteroatoms. The molecule has 1 aromatic carbocycles. The Morgan fingerprint density at radius 3 is 2.38 bits per heavy atom. The number of aliphatic imine (C=N–C) groups is 1. The molecule has 1 aromatic rings. The predicted molar refractivity (Wildman–Crippen MR) is 128 cm³/mol. The van der Waals surface area contributed by atoms with Crippen molar-refractivity contribution >= 4 is 35.8 Å². The van der Waals surface area contributed by atoms with Crippen LogP contribution in [0.5, 0.6) is 0 Å². The van der Waals surface area contributed by atoms with Gasteiger partial charge in [0.2, 0.25) is 0 Å². The average molecular weight is 519 g/mol. The number of benzene rings is 1. The summed E-state index contributed by atoms with van der Waals surface area (Å²) < 4.78 is 13.5. The highest BCUT2D eigenvalue weighted by Gasteiger charge is 2.09. The molecule has 1 aliphatic heterocycles. The van der Waals surface area contributed by atoms with Gasteiger partial charge in [-0.2, -0.15) is 0 Å². The summed E-state index contributed by atoms with van der Waals surface area (Å²) >= 11 is 0. The number of likely N-dealkylation sites (tertiary alicyclic amines) is 1. The van der Waals surface area contributed by atoms with Crippen molar-refractivity contribution < 1.29 is 9.18 Å². The molecule has 0 unspecified atom stereocenters. The Morgan fingerprint density at radius 1 is 1.07 bits per heavy atom. The highest BCUT2D eigenvalue weighted by molar-refractivity contribution is 14.0. The monoisotopic (exact) mass is 519 g/mol. The molecule has 0 atom stereocenters. The van der Waals surface area contributed by atoms with Crippen molar-refractivity contribution in [2.75, 3.05) is 46.3 Å². The number of hydrogen-bond acceptors (Lipinski definition) is 3. The molecule has 0 saturated carbocycles. The molecule has 0 radical (unpaired) electrons. The third-order valence-electron chi connectivity index (χ3n) is 5.00. The quantitative estimate of drug-likeness (QED) is 0.214. The lowest BCUT2D eigenvalue weighted by molar-refractivity contribution is 0.0954. The first-order valence-electron chi connectivity index (χ1n) is 10.3. The molecule has 1 aliphatic rings. The Hall–Kier alpha value is -1.42. The van der Waals surface area contributed by atoms with Gasteiger partial charge in [0.05, 0.1) is 0 Å². The molecule has 29 heavy (non-hydrogen) atoms. The first-order chi connectivity index (χ1) is 13.6. The number of aryl methyl sites for hydroxylation is 1. The highest BCUT2D eigenvalue weighted by Crippen LogP contribution is 2.10. The Morgan fingerprint density at radius 2 is 1.72 bits per heavy atom. The number of hydrogen-bond donors (Lipinski definition) is 3. The van der Waals surface area contributed by atoms with Gasteiger partial charge in [-0.25, -0.2) is 4.39 Å². The maximum atomic E-state index is 13.5. The molecule has 1 saturated heterocycles. The summed E-state index contributed by atoms with van der Waals surface area (Å²) in [5.74, 6) is 0.0862. The standard InChI is InChI=1S/C21H34FN5O.HI/c1-17-8-9-18(16-19(17)22)20(28)24-11-12-26-21(23-2)25-10-7-15-27-13-5-3-4-6-14-27;/h8-9,16H,3-7,10-15H2,1-2H3,(H,24,28)(H2,23,25,26);1H. The second-order valence-electron chi connectivity index (χ2n) is 7.26. The van der Waals surface area contributed by atoms with Crippen LogP contribution in [0.25, 0.3) is 0 Å². The molecule has 1 heterocycles. The Bertz CT molecular complexity index is 648. The largest absolute Gasteiger partial charge is 0.356 e. The average Bonchev–Trinajstić information content (AvgIpc) is 2.97. The zero-order valence-electron chi connectivity index (χ0n) is 17.6. The molecule has 0 spiro atoms. The minimum absolute atomic E-state index is 0. The maximum Gasteiger partial charge on any atom is 0.251 e. The summed E-state index contributed by atoms with van der Waals surface area (Å²) in [5, 5.41) is 9.27. The fourth-order valence-corrected chi connectivity index (χ4v) is 3.28. The fourth-order valence-electron chi connectivity index (χ4n) is 3.28. The lowest BCUT2D eigenvalue weighted by atomic mass is 10.1. The van der Waals surface area contributed by atoms with E-state index in [2.05, 4.69) is 25.8 Å². The Balaban J connectivity index is 0.00000420. The third kappa shape index (κ3) is 9.75. The highest BCUT2D eigenvalue weighted by atomic mass is 127. The van der Waals surface area contributed by atoms with Crippen molar-refractivity contribution in [1.29, 1.82) is 0 Å². The summed E-state index contributed by atoms with van der Waals surface area (Å²) in [6.07, 6.45) is 6.44. The summed E-state index contributed by atoms with van der Waals surface area (Å²) in [5.41, 5.74) is 0.864. The number of nitrogens with zero attached hydrogens (tertiary/aromatic N) is 2. The van der Waals surface area contributed by atoms with Gasteiger partial charge >= 0.3 is 0 Å². The van der Waals surface area contributed by atoms with Crippen LogP contribution < -0.4 is 16.0 Å². The first kappa shape index (κ1) is 25.6. The second-order valence-corrected chi connectivity index (χ2v) is 7.26. The van der Waals surface area contributed by atoms with Gasteiger partial charge < -0.3 is 20.9 Å². The van der Waals surface area contributed by atoms with Gasteiger partial charge in [-0.3, -0.25) is 9.79 Å². The number of halogens is 2. The van der Waals surface area contributed by atoms with E-state index in [4.69, 9.17) is 0 Å². The summed E-state index contributed by atoms with van der Waals surface area (Å²) in [4.78, 5) is 18.8. The van der Waals surface area contributed by atoms with Crippen LogP contribution in [0.2, 0.25) is 0 Å². The molecule has 6 nitrogen and oxygen atoms in total. The van der Waals surface area contributed by atoms with Crippen molar-refractivity contribution in [3.63, 3.8) is 0 Å². The zero-order chi connectivity index (χ0) is 20.2. The molecule has 1 fully saturated rings. The predicted octanol–water partition coefficient (Wildman–Crippen LogP) is 2.91. The van der Waals surface area contributed by atoms with E-state index in [9.17, 15) is 9.18 Å². The molecule has 3 N–H and O–H groups in total. The van der Waals surface area contributed by atoms with E-state index in [0.717, 1.165) is 25.5 Å². The number of nitrogens with one attached hydrogen (secondary N) is 3. The van der Waals surface area contributed by atoms with E-state index >= 15 is 0 Å². The van der Waals surface area contributed by atoms with Gasteiger partial charge in [0, 0.05) is 32.2 Å². The van der Waals surface area contributed by atoms with Crippen molar-refractivity contribution in [2.24, 2.45) is 4.99 Å². The fraction of sp³-hybridized carbons (Fsp3) is 0.619. The van der Waals surface area contributed by atoms with Gasteiger partial charge in [-0.15, -0.1) is 24.0 Å². The topological polar surface area (TPSA) is 68.8 Å². The molecule has 0 bridgehead atoms. The molecule has 0 aromatic heterocycles. The van der Waals surface area contributed by atoms with Crippen molar-refractivity contribution in [3.05, 3.63) is 35.1 Å². The van der Waals surface area contributed by atoms with E-state index in [1.165, 1.54) is 44.8 Å². The number of carbonyl (C=O) groups excluding carboxylic acids is 1. The summed E-state index contributed by atoms with van der Waals surface area (Å²) in [7, 11) is 1.73. The van der Waals surface area contributed by atoms with E-state index in [0.29, 0.717) is 24.2 Å². The third-order valence-corrected chi connectivity index (χ3v) is 5.00. The van der Waals surface area contributed by atoms with E-state index < -0.39 is 0 Å². The number of amides is 1. The van der Waals surface area contributed by atoms with Crippen LogP contribution in [0.1, 0.15) is 48.0 Å². The normalized spacial score (nSPS) is 15.2. The van der Waals surface area contributed by atoms with Gasteiger partial charge in [0.25, 0.3) is 5.91 Å². The molecular formula is C21H35FIN5O. The van der Waals surface area contributed by atoms with Gasteiger partial charge in [0.1, 0.15) is 5.82 Å². The lowest BCUT2D eigenvalue weighted by Crippen LogP contribution is -2.42. The number of carbonyl (C=O) groups is 1. The smallest absolute Gasteiger partial charge is 0.251 e. The second kappa shape index (κ2) is 14.5. The van der Waals surface area contributed by atoms with Gasteiger partial charge in [-0.1, -0.05) is 18.9 Å². The van der Waals surface area contributed by atoms with Crippen LogP contribution >= 0.6 is 24.0 Å². The van der Waals surface area contributed by atoms with Crippen LogP contribution in [0.3, 0.4) is 0 Å². The van der Waals surface area contributed by atoms with Crippen LogP contribution in [-0.2, 0) is 0 Å². The molecule has 0 aliphatic carbocycles. The van der Waals surface area contributed by atoms with Gasteiger partial charge in [-0.05, 0) is 63.5 Å². The Kier molecular flexibility index (Phi) is 12.8. The van der Waals surface area contributed by atoms with Crippen molar-refractivity contribution in [3.8, 4) is 0 Å². The number of guanidine groups is 1. The van der Waals surface area contributed by atoms with Crippen molar-refractivity contribution in [1.82, 2.24) is 20.9 Å². The van der Waals surface area contributed by atoms with Crippen molar-refractivity contribution in [2.45, 2.75) is 39.0 Å². The molecule has 164 valence electrons. The lowest BCUT2D eigenvalue weighted by Gasteiger charge is -2.20. The van der Waals surface area contributed by atoms with Crippen LogP contribution in [0.4, 0.5) is 4.39 Å². The SMILES string of the molecule is CN=C(NCCCN1CCCCCC1)NCCNC(=O)c1ccc(C)c(F)c1.I. The Labute approximate surface area is 191 Å². The maximum absolute atomic E-state index is 13.5. The summed E-state index contributed by atoms with van der Waals surface area (Å²) in [6.45, 7) is 7.08. The summed E-state index contributed by atoms with van der Waals surface area (Å²) in [6, 6.07) is 4.51. The van der Waals surface area contributed by atoms with E-state index in [1.54, 1.807) is 26.1 Å². The number of rotatable bonds is 8. The molecule has 1 amide bonds.